The molecule has 3 rings (SSSR count). The molecule has 2 heterocycles. The molecule has 2 aromatic rings. The van der Waals surface area contributed by atoms with Crippen molar-refractivity contribution in [2.75, 3.05) is 18.9 Å². The van der Waals surface area contributed by atoms with Crippen LogP contribution >= 0.6 is 0 Å². The minimum Gasteiger partial charge on any atom is -0.479 e. The molecule has 1 fully saturated rings. The van der Waals surface area contributed by atoms with Crippen LogP contribution in [0.4, 0.5) is 5.82 Å². The van der Waals surface area contributed by atoms with E-state index in [1.807, 2.05) is 11.5 Å². The maximum atomic E-state index is 12.5. The van der Waals surface area contributed by atoms with Crippen LogP contribution in [-0.4, -0.2) is 52.4 Å². The van der Waals surface area contributed by atoms with Crippen molar-refractivity contribution in [2.24, 2.45) is 0 Å². The van der Waals surface area contributed by atoms with Crippen LogP contribution in [0.2, 0.25) is 0 Å². The molecule has 0 bridgehead atoms. The number of hydrogen-bond donors (Lipinski definition) is 3. The van der Waals surface area contributed by atoms with Crippen molar-refractivity contribution in [1.82, 2.24) is 15.4 Å². The summed E-state index contributed by atoms with van der Waals surface area (Å²) in [7, 11) is 0. The molecule has 1 aromatic carbocycles. The fourth-order valence-electron chi connectivity index (χ4n) is 2.30. The van der Waals surface area contributed by atoms with Gasteiger partial charge in [-0.15, -0.1) is 0 Å². The predicted molar refractivity (Wildman–Crippen MR) is 97.5 cm³/mol. The fourth-order valence-corrected chi connectivity index (χ4v) is 2.30. The minimum absolute atomic E-state index is 0.104. The molecule has 11 heteroatoms. The summed E-state index contributed by atoms with van der Waals surface area (Å²) in [5.41, 5.74) is 8.69. The van der Waals surface area contributed by atoms with Crippen molar-refractivity contribution in [3.05, 3.63) is 35.4 Å². The first-order valence-corrected chi connectivity index (χ1v) is 8.50. The smallest absolute Gasteiger partial charge is 0.335 e. The first-order valence-electron chi connectivity index (χ1n) is 8.50. The molecule has 0 saturated carbocycles. The number of amides is 1. The fraction of sp³-hybridized carbons (Fsp3) is 0.278. The number of carboxylic acids is 1. The van der Waals surface area contributed by atoms with Gasteiger partial charge in [-0.1, -0.05) is 12.1 Å². The van der Waals surface area contributed by atoms with Crippen molar-refractivity contribution in [2.45, 2.75) is 19.1 Å². The quantitative estimate of drug-likeness (QED) is 0.557. The number of carbonyl (C=O) groups excluding carboxylic acids is 1. The number of nitrogen functional groups attached to an aromatic ring is 1. The average molecular weight is 399 g/mol. The van der Waals surface area contributed by atoms with Crippen molar-refractivity contribution < 1.29 is 29.0 Å². The first-order chi connectivity index (χ1) is 13.9. The van der Waals surface area contributed by atoms with Gasteiger partial charge < -0.3 is 20.3 Å². The van der Waals surface area contributed by atoms with Crippen LogP contribution in [0.5, 0.6) is 5.88 Å². The van der Waals surface area contributed by atoms with E-state index in [1.54, 1.807) is 24.3 Å². The molecule has 1 unspecified atom stereocenters. The molecule has 1 amide bonds. The zero-order valence-corrected chi connectivity index (χ0v) is 15.3. The summed E-state index contributed by atoms with van der Waals surface area (Å²) in [6.45, 7) is 1.88. The molecule has 1 saturated heterocycles. The van der Waals surface area contributed by atoms with Crippen LogP contribution in [-0.2, 0) is 14.4 Å². The molecule has 4 N–H and O–H groups in total. The molecule has 11 nitrogen and oxygen atoms in total. The molecule has 1 atom stereocenters. The molecular formula is C18H17N5O6. The molecule has 1 aliphatic rings. The normalized spacial score (nSPS) is 14.3. The topological polar surface area (TPSA) is 170 Å². The maximum Gasteiger partial charge on any atom is 0.335 e. The highest BCUT2D eigenvalue weighted by atomic mass is 16.7. The first kappa shape index (κ1) is 20.0. The van der Waals surface area contributed by atoms with Crippen molar-refractivity contribution >= 4 is 17.7 Å². The number of ether oxygens (including phenoxy) is 2. The number of aliphatic carboxylic acids is 1. The maximum absolute atomic E-state index is 12.5. The van der Waals surface area contributed by atoms with Gasteiger partial charge in [0.1, 0.15) is 17.5 Å². The third-order valence-corrected chi connectivity index (χ3v) is 3.94. The Hall–Kier alpha value is -3.75. The lowest BCUT2D eigenvalue weighted by molar-refractivity contribution is -0.152. The van der Waals surface area contributed by atoms with E-state index in [9.17, 15) is 9.59 Å². The highest BCUT2D eigenvalue weighted by Gasteiger charge is 2.28. The van der Waals surface area contributed by atoms with Crippen molar-refractivity contribution in [1.29, 1.82) is 5.26 Å². The second-order valence-corrected chi connectivity index (χ2v) is 6.11. The molecule has 29 heavy (non-hydrogen) atoms. The lowest BCUT2D eigenvalue weighted by Gasteiger charge is -2.27. The molecule has 1 aromatic heterocycles. The highest BCUT2D eigenvalue weighted by molar-refractivity contribution is 6.00. The Balaban J connectivity index is 1.95. The summed E-state index contributed by atoms with van der Waals surface area (Å²) in [5, 5.41) is 17.9. The molecule has 1 aliphatic heterocycles. The monoisotopic (exact) mass is 399 g/mol. The second-order valence-electron chi connectivity index (χ2n) is 6.11. The largest absolute Gasteiger partial charge is 0.479 e. The second kappa shape index (κ2) is 8.51. The summed E-state index contributed by atoms with van der Waals surface area (Å²) in [6, 6.07) is 8.56. The zero-order chi connectivity index (χ0) is 21.0. The summed E-state index contributed by atoms with van der Waals surface area (Å²) in [5.74, 6) is -2.26. The number of hydrogen-bond acceptors (Lipinski definition) is 9. The number of benzene rings is 1. The zero-order valence-electron chi connectivity index (χ0n) is 15.3. The average Bonchev–Trinajstić information content (AvgIpc) is 2.68. The van der Waals surface area contributed by atoms with Gasteiger partial charge in [0.2, 0.25) is 5.88 Å². The Bertz CT molecular complexity index is 985. The Morgan fingerprint density at radius 3 is 2.79 bits per heavy atom. The Kier molecular flexibility index (Phi) is 5.87. The van der Waals surface area contributed by atoms with E-state index in [-0.39, 0.29) is 29.2 Å². The van der Waals surface area contributed by atoms with E-state index in [4.69, 9.17) is 30.4 Å². The number of nitrogens with zero attached hydrogens (tertiary/aromatic N) is 3. The van der Waals surface area contributed by atoms with Crippen LogP contribution in [0, 0.1) is 11.3 Å². The number of anilines is 1. The Labute approximate surface area is 165 Å². The lowest BCUT2D eigenvalue weighted by atomic mass is 10.1. The number of carbonyl (C=O) groups is 2. The predicted octanol–water partition coefficient (Wildman–Crippen LogP) is 0.510. The number of rotatable bonds is 7. The van der Waals surface area contributed by atoms with Crippen molar-refractivity contribution in [3.63, 3.8) is 0 Å². The number of nitriles is 1. The third-order valence-electron chi connectivity index (χ3n) is 3.94. The number of carboxylic acid groups (broad SMARTS) is 1. The number of nitrogens with one attached hydrogen (secondary N) is 1. The van der Waals surface area contributed by atoms with Crippen LogP contribution < -0.4 is 16.0 Å². The SMILES string of the molecule is CC(ONC(=O)c1c(N)nc(-c2cccc(C#N)c2)nc1OC1COC1)C(=O)O. The van der Waals surface area contributed by atoms with E-state index in [1.165, 1.54) is 6.92 Å². The van der Waals surface area contributed by atoms with E-state index < -0.39 is 18.0 Å². The highest BCUT2D eigenvalue weighted by Crippen LogP contribution is 2.28. The van der Waals surface area contributed by atoms with Gasteiger partial charge in [-0.05, 0) is 19.1 Å². The van der Waals surface area contributed by atoms with Crippen LogP contribution in [0.1, 0.15) is 22.8 Å². The van der Waals surface area contributed by atoms with Gasteiger partial charge >= 0.3 is 5.97 Å². The summed E-state index contributed by atoms with van der Waals surface area (Å²) < 4.78 is 10.8. The van der Waals surface area contributed by atoms with Gasteiger partial charge in [0.15, 0.2) is 11.9 Å². The van der Waals surface area contributed by atoms with Crippen molar-refractivity contribution in [3.8, 4) is 23.3 Å². The molecule has 0 spiro atoms. The van der Waals surface area contributed by atoms with E-state index >= 15 is 0 Å². The van der Waals surface area contributed by atoms with E-state index in [0.717, 1.165) is 0 Å². The molecule has 0 aliphatic carbocycles. The van der Waals surface area contributed by atoms with Gasteiger partial charge in [-0.2, -0.15) is 10.2 Å². The lowest BCUT2D eigenvalue weighted by Crippen LogP contribution is -2.40. The van der Waals surface area contributed by atoms with Crippen LogP contribution in [0.3, 0.4) is 0 Å². The minimum atomic E-state index is -1.28. The van der Waals surface area contributed by atoms with Crippen LogP contribution in [0.25, 0.3) is 11.4 Å². The van der Waals surface area contributed by atoms with Crippen LogP contribution in [0.15, 0.2) is 24.3 Å². The summed E-state index contributed by atoms with van der Waals surface area (Å²) in [4.78, 5) is 36.5. The Morgan fingerprint density at radius 1 is 1.41 bits per heavy atom. The summed E-state index contributed by atoms with van der Waals surface area (Å²) >= 11 is 0. The van der Waals surface area contributed by atoms with Gasteiger partial charge in [0, 0.05) is 5.56 Å². The third kappa shape index (κ3) is 4.57. The molecule has 0 radical (unpaired) electrons. The standard InChI is InChI=1S/C18H17N5O6/c1-9(18(25)26)29-23-16(24)13-14(20)21-15(11-4-2-3-10(5-11)6-19)22-17(13)28-12-7-27-8-12/h2-5,9,12H,7-8H2,1H3,(H,23,24)(H,25,26)(H2,20,21,22). The number of aromatic nitrogens is 2. The van der Waals surface area contributed by atoms with Gasteiger partial charge in [-0.3, -0.25) is 9.63 Å². The Morgan fingerprint density at radius 2 is 2.17 bits per heavy atom. The summed E-state index contributed by atoms with van der Waals surface area (Å²) in [6.07, 6.45) is -1.61. The molecular weight excluding hydrogens is 382 g/mol. The number of nitrogens with two attached hydrogens (primary N) is 1. The van der Waals surface area contributed by atoms with Gasteiger partial charge in [-0.25, -0.2) is 15.3 Å². The number of hydroxylamine groups is 1. The van der Waals surface area contributed by atoms with E-state index in [0.29, 0.717) is 24.3 Å². The molecule has 150 valence electrons. The van der Waals surface area contributed by atoms with E-state index in [2.05, 4.69) is 9.97 Å². The van der Waals surface area contributed by atoms with Gasteiger partial charge in [0.25, 0.3) is 5.91 Å². The van der Waals surface area contributed by atoms with Gasteiger partial charge in [0.05, 0.1) is 24.8 Å².